The van der Waals surface area contributed by atoms with Crippen molar-refractivity contribution in [2.24, 2.45) is 5.92 Å². The van der Waals surface area contributed by atoms with E-state index in [1.807, 2.05) is 17.8 Å². The van der Waals surface area contributed by atoms with E-state index in [1.54, 1.807) is 0 Å². The van der Waals surface area contributed by atoms with Crippen LogP contribution < -0.4 is 5.73 Å². The van der Waals surface area contributed by atoms with Gasteiger partial charge < -0.3 is 5.73 Å². The summed E-state index contributed by atoms with van der Waals surface area (Å²) in [6.45, 7) is 3.01. The van der Waals surface area contributed by atoms with Crippen molar-refractivity contribution in [1.29, 1.82) is 0 Å². The summed E-state index contributed by atoms with van der Waals surface area (Å²) in [4.78, 5) is 0. The summed E-state index contributed by atoms with van der Waals surface area (Å²) in [5, 5.41) is 4.19. The van der Waals surface area contributed by atoms with Crippen molar-refractivity contribution in [3.63, 3.8) is 0 Å². The minimum atomic E-state index is 0.830. The van der Waals surface area contributed by atoms with Gasteiger partial charge in [0.1, 0.15) is 5.82 Å². The molecule has 11 heavy (non-hydrogen) atoms. The fraction of sp³-hybridized carbons (Fsp3) is 0.625. The zero-order valence-electron chi connectivity index (χ0n) is 6.75. The number of anilines is 1. The van der Waals surface area contributed by atoms with Gasteiger partial charge in [0.05, 0.1) is 6.20 Å². The molecule has 1 aromatic rings. The predicted molar refractivity (Wildman–Crippen MR) is 44.1 cm³/mol. The summed E-state index contributed by atoms with van der Waals surface area (Å²) >= 11 is 0. The Hall–Kier alpha value is -0.990. The van der Waals surface area contributed by atoms with Crippen LogP contribution in [0.2, 0.25) is 0 Å². The number of aryl methyl sites for hydroxylation is 1. The maximum Gasteiger partial charge on any atom is 0.124 e. The van der Waals surface area contributed by atoms with Gasteiger partial charge in [0.2, 0.25) is 0 Å². The van der Waals surface area contributed by atoms with Crippen molar-refractivity contribution in [1.82, 2.24) is 9.78 Å². The zero-order chi connectivity index (χ0) is 7.84. The number of hydrogen-bond donors (Lipinski definition) is 1. The summed E-state index contributed by atoms with van der Waals surface area (Å²) < 4.78 is 1.91. The van der Waals surface area contributed by atoms with E-state index in [0.29, 0.717) is 0 Å². The van der Waals surface area contributed by atoms with Crippen LogP contribution in [0, 0.1) is 12.8 Å². The second-order valence-electron chi connectivity index (χ2n) is 3.34. The molecule has 3 nitrogen and oxygen atoms in total. The lowest BCUT2D eigenvalue weighted by Gasteiger charge is -2.01. The van der Waals surface area contributed by atoms with E-state index in [2.05, 4.69) is 5.10 Å². The maximum atomic E-state index is 5.78. The highest BCUT2D eigenvalue weighted by Gasteiger charge is 2.22. The number of aromatic nitrogens is 2. The minimum Gasteiger partial charge on any atom is -0.384 e. The molecule has 0 spiro atoms. The lowest BCUT2D eigenvalue weighted by atomic mass is 10.4. The van der Waals surface area contributed by atoms with Crippen LogP contribution in [0.25, 0.3) is 0 Å². The number of nitrogens with zero attached hydrogens (tertiary/aromatic N) is 2. The highest BCUT2D eigenvalue weighted by atomic mass is 15.3. The van der Waals surface area contributed by atoms with Crippen molar-refractivity contribution in [3.8, 4) is 0 Å². The Morgan fingerprint density at radius 1 is 1.73 bits per heavy atom. The molecule has 0 unspecified atom stereocenters. The fourth-order valence-electron chi connectivity index (χ4n) is 1.18. The van der Waals surface area contributed by atoms with E-state index in [9.17, 15) is 0 Å². The highest BCUT2D eigenvalue weighted by molar-refractivity contribution is 5.37. The summed E-state index contributed by atoms with van der Waals surface area (Å²) in [5.41, 5.74) is 6.87. The Balaban J connectivity index is 2.15. The monoisotopic (exact) mass is 151 g/mol. The van der Waals surface area contributed by atoms with Gasteiger partial charge in [-0.2, -0.15) is 5.10 Å². The number of nitrogen functional groups attached to an aromatic ring is 1. The lowest BCUT2D eigenvalue weighted by Crippen LogP contribution is -2.06. The van der Waals surface area contributed by atoms with Crippen LogP contribution in [0.15, 0.2) is 6.20 Å². The van der Waals surface area contributed by atoms with Gasteiger partial charge in [0.25, 0.3) is 0 Å². The fourth-order valence-corrected chi connectivity index (χ4v) is 1.18. The molecule has 1 saturated carbocycles. The first-order valence-corrected chi connectivity index (χ1v) is 4.05. The molecule has 0 saturated heterocycles. The summed E-state index contributed by atoms with van der Waals surface area (Å²) in [5.74, 6) is 1.67. The molecular formula is C8H13N3. The Labute approximate surface area is 66.2 Å². The first-order chi connectivity index (χ1) is 5.27. The van der Waals surface area contributed by atoms with Crippen LogP contribution in [0.5, 0.6) is 0 Å². The largest absolute Gasteiger partial charge is 0.384 e. The third kappa shape index (κ3) is 1.23. The molecular weight excluding hydrogens is 138 g/mol. The highest BCUT2D eigenvalue weighted by Crippen LogP contribution is 2.31. The Morgan fingerprint density at radius 3 is 2.91 bits per heavy atom. The molecule has 1 fully saturated rings. The molecule has 0 aromatic carbocycles. The second kappa shape index (κ2) is 2.26. The van der Waals surface area contributed by atoms with Gasteiger partial charge in [-0.25, -0.2) is 4.68 Å². The standard InChI is InChI=1S/C8H13N3/c1-6-4-10-11(8(6)9)5-7-2-3-7/h4,7H,2-3,5,9H2,1H3. The molecule has 0 amide bonds. The van der Waals surface area contributed by atoms with E-state index in [0.717, 1.165) is 23.8 Å². The SMILES string of the molecule is Cc1cnn(CC2CC2)c1N. The van der Waals surface area contributed by atoms with Crippen molar-refractivity contribution >= 4 is 5.82 Å². The number of rotatable bonds is 2. The molecule has 1 aliphatic rings. The van der Waals surface area contributed by atoms with Crippen LogP contribution in [-0.2, 0) is 6.54 Å². The first kappa shape index (κ1) is 6.70. The molecule has 1 aromatic heterocycles. The van der Waals surface area contributed by atoms with Gasteiger partial charge in [-0.05, 0) is 25.7 Å². The number of nitrogens with two attached hydrogens (primary N) is 1. The molecule has 2 rings (SSSR count). The van der Waals surface area contributed by atoms with E-state index in [-0.39, 0.29) is 0 Å². The minimum absolute atomic E-state index is 0.830. The molecule has 1 aliphatic carbocycles. The Morgan fingerprint density at radius 2 is 2.45 bits per heavy atom. The average molecular weight is 151 g/mol. The van der Waals surface area contributed by atoms with Crippen molar-refractivity contribution in [3.05, 3.63) is 11.8 Å². The van der Waals surface area contributed by atoms with Gasteiger partial charge in [-0.3, -0.25) is 0 Å². The molecule has 3 heteroatoms. The van der Waals surface area contributed by atoms with Gasteiger partial charge in [0, 0.05) is 12.1 Å². The van der Waals surface area contributed by atoms with Gasteiger partial charge in [-0.1, -0.05) is 0 Å². The quantitative estimate of drug-likeness (QED) is 0.689. The molecule has 1 heterocycles. The topological polar surface area (TPSA) is 43.8 Å². The van der Waals surface area contributed by atoms with E-state index >= 15 is 0 Å². The first-order valence-electron chi connectivity index (χ1n) is 4.05. The van der Waals surface area contributed by atoms with E-state index in [4.69, 9.17) is 5.73 Å². The normalized spacial score (nSPS) is 17.2. The zero-order valence-corrected chi connectivity index (χ0v) is 6.75. The second-order valence-corrected chi connectivity index (χ2v) is 3.34. The van der Waals surface area contributed by atoms with Gasteiger partial charge >= 0.3 is 0 Å². The summed E-state index contributed by atoms with van der Waals surface area (Å²) in [6, 6.07) is 0. The van der Waals surface area contributed by atoms with Gasteiger partial charge in [-0.15, -0.1) is 0 Å². The third-order valence-corrected chi connectivity index (χ3v) is 2.20. The van der Waals surface area contributed by atoms with Gasteiger partial charge in [0.15, 0.2) is 0 Å². The molecule has 0 radical (unpaired) electrons. The third-order valence-electron chi connectivity index (χ3n) is 2.20. The molecule has 2 N–H and O–H groups in total. The Kier molecular flexibility index (Phi) is 1.37. The average Bonchev–Trinajstić information content (AvgIpc) is 2.74. The molecule has 0 aliphatic heterocycles. The number of hydrogen-bond acceptors (Lipinski definition) is 2. The van der Waals surface area contributed by atoms with Crippen LogP contribution in [0.1, 0.15) is 18.4 Å². The van der Waals surface area contributed by atoms with E-state index < -0.39 is 0 Å². The van der Waals surface area contributed by atoms with Crippen molar-refractivity contribution in [2.75, 3.05) is 5.73 Å². The predicted octanol–water partition coefficient (Wildman–Crippen LogP) is 1.18. The van der Waals surface area contributed by atoms with E-state index in [1.165, 1.54) is 12.8 Å². The lowest BCUT2D eigenvalue weighted by molar-refractivity contribution is 0.570. The molecule has 0 atom stereocenters. The van der Waals surface area contributed by atoms with Crippen LogP contribution >= 0.6 is 0 Å². The molecule has 60 valence electrons. The smallest absolute Gasteiger partial charge is 0.124 e. The van der Waals surface area contributed by atoms with Crippen molar-refractivity contribution < 1.29 is 0 Å². The summed E-state index contributed by atoms with van der Waals surface area (Å²) in [7, 11) is 0. The van der Waals surface area contributed by atoms with Crippen LogP contribution in [-0.4, -0.2) is 9.78 Å². The molecule has 0 bridgehead atoms. The Bertz CT molecular complexity index is 260. The van der Waals surface area contributed by atoms with Crippen molar-refractivity contribution in [2.45, 2.75) is 26.3 Å². The van der Waals surface area contributed by atoms with Crippen LogP contribution in [0.3, 0.4) is 0 Å². The maximum absolute atomic E-state index is 5.78. The summed E-state index contributed by atoms with van der Waals surface area (Å²) in [6.07, 6.45) is 4.52. The van der Waals surface area contributed by atoms with Crippen LogP contribution in [0.4, 0.5) is 5.82 Å².